The largest absolute Gasteiger partial charge is 0.396 e. The summed E-state index contributed by atoms with van der Waals surface area (Å²) in [7, 11) is 1.56. The number of aromatic amines is 1. The van der Waals surface area contributed by atoms with E-state index in [1.54, 1.807) is 25.3 Å². The van der Waals surface area contributed by atoms with Crippen LogP contribution in [0.25, 0.3) is 10.9 Å². The van der Waals surface area contributed by atoms with Crippen LogP contribution in [0.5, 0.6) is 0 Å². The minimum absolute atomic E-state index is 0.0253. The van der Waals surface area contributed by atoms with Crippen LogP contribution in [-0.4, -0.2) is 41.9 Å². The molecule has 2 aromatic rings. The maximum atomic E-state index is 12.4. The number of aliphatic hydroxyl groups excluding tert-OH is 1. The van der Waals surface area contributed by atoms with Crippen molar-refractivity contribution in [1.29, 1.82) is 0 Å². The molecule has 0 spiro atoms. The highest BCUT2D eigenvalue weighted by molar-refractivity contribution is 6.31. The molecule has 0 bridgehead atoms. The number of carbonyl (C=O) groups excluding carboxylic acids is 1. The number of amides is 1. The van der Waals surface area contributed by atoms with Gasteiger partial charge in [-0.05, 0) is 31.5 Å². The van der Waals surface area contributed by atoms with Gasteiger partial charge in [-0.1, -0.05) is 17.7 Å². The Bertz CT molecular complexity index is 633. The summed E-state index contributed by atoms with van der Waals surface area (Å²) in [5, 5.41) is 13.6. The number of benzene rings is 1. The number of nitrogens with one attached hydrogen (secondary N) is 2. The maximum Gasteiger partial charge on any atom is 0.268 e. The normalized spacial score (nSPS) is 14.1. The third-order valence-corrected chi connectivity index (χ3v) is 3.61. The van der Waals surface area contributed by atoms with Crippen LogP contribution in [0.15, 0.2) is 24.3 Å². The molecule has 1 aromatic carbocycles. The zero-order valence-electron chi connectivity index (χ0n) is 12.1. The Hall–Kier alpha value is -1.56. The van der Waals surface area contributed by atoms with Crippen molar-refractivity contribution < 1.29 is 14.6 Å². The van der Waals surface area contributed by atoms with Crippen LogP contribution in [0.1, 0.15) is 23.8 Å². The van der Waals surface area contributed by atoms with Gasteiger partial charge in [-0.25, -0.2) is 0 Å². The standard InChI is InChI=1S/C15H19ClN2O3/c1-15(5-6-19,9-21-2)18-14(20)13-7-10-3-4-11(16)8-12(10)17-13/h3-4,7-8,17,19H,5-6,9H2,1-2H3,(H,18,20). The van der Waals surface area contributed by atoms with Crippen molar-refractivity contribution in [3.05, 3.63) is 35.0 Å². The summed E-state index contributed by atoms with van der Waals surface area (Å²) >= 11 is 5.93. The van der Waals surface area contributed by atoms with Crippen LogP contribution >= 0.6 is 11.6 Å². The molecule has 1 aromatic heterocycles. The number of hydrogen-bond acceptors (Lipinski definition) is 3. The van der Waals surface area contributed by atoms with Crippen LogP contribution in [0, 0.1) is 0 Å². The van der Waals surface area contributed by atoms with E-state index in [4.69, 9.17) is 21.4 Å². The van der Waals surface area contributed by atoms with Crippen LogP contribution < -0.4 is 5.32 Å². The van der Waals surface area contributed by atoms with Gasteiger partial charge < -0.3 is 20.1 Å². The van der Waals surface area contributed by atoms with Gasteiger partial charge in [-0.3, -0.25) is 4.79 Å². The van der Waals surface area contributed by atoms with Crippen molar-refractivity contribution >= 4 is 28.4 Å². The first-order chi connectivity index (χ1) is 9.97. The second-order valence-electron chi connectivity index (χ2n) is 5.34. The van der Waals surface area contributed by atoms with Crippen LogP contribution in [-0.2, 0) is 4.74 Å². The Morgan fingerprint density at radius 2 is 2.24 bits per heavy atom. The fourth-order valence-electron chi connectivity index (χ4n) is 2.30. The SMILES string of the molecule is COCC(C)(CCO)NC(=O)c1cc2ccc(Cl)cc2[nH]1. The Morgan fingerprint density at radius 1 is 1.48 bits per heavy atom. The van der Waals surface area contributed by atoms with Crippen molar-refractivity contribution in [3.63, 3.8) is 0 Å². The molecule has 0 aliphatic heterocycles. The van der Waals surface area contributed by atoms with Crippen molar-refractivity contribution in [3.8, 4) is 0 Å². The Labute approximate surface area is 128 Å². The lowest BCUT2D eigenvalue weighted by molar-refractivity contribution is 0.0722. The number of rotatable bonds is 6. The van der Waals surface area contributed by atoms with Gasteiger partial charge in [0, 0.05) is 29.6 Å². The highest BCUT2D eigenvalue weighted by Gasteiger charge is 2.27. The maximum absolute atomic E-state index is 12.4. The molecule has 0 radical (unpaired) electrons. The summed E-state index contributed by atoms with van der Waals surface area (Å²) in [6, 6.07) is 7.18. The Balaban J connectivity index is 2.21. The molecule has 0 aliphatic carbocycles. The molecule has 0 saturated carbocycles. The number of carbonyl (C=O) groups is 1. The van der Waals surface area contributed by atoms with E-state index in [2.05, 4.69) is 10.3 Å². The Morgan fingerprint density at radius 3 is 2.90 bits per heavy atom. The summed E-state index contributed by atoms with van der Waals surface area (Å²) in [5.74, 6) is -0.240. The first kappa shape index (κ1) is 15.8. The van der Waals surface area contributed by atoms with Gasteiger partial charge in [0.2, 0.25) is 0 Å². The first-order valence-electron chi connectivity index (χ1n) is 6.68. The molecule has 0 aliphatic rings. The zero-order chi connectivity index (χ0) is 15.5. The molecule has 1 heterocycles. The molecule has 1 unspecified atom stereocenters. The minimum atomic E-state index is -0.616. The highest BCUT2D eigenvalue weighted by Crippen LogP contribution is 2.20. The van der Waals surface area contributed by atoms with E-state index in [-0.39, 0.29) is 12.5 Å². The molecule has 0 saturated heterocycles. The summed E-state index contributed by atoms with van der Waals surface area (Å²) in [6.07, 6.45) is 0.415. The van der Waals surface area contributed by atoms with Crippen molar-refractivity contribution in [2.45, 2.75) is 18.9 Å². The number of aliphatic hydroxyl groups is 1. The lowest BCUT2D eigenvalue weighted by Gasteiger charge is -2.29. The monoisotopic (exact) mass is 310 g/mol. The summed E-state index contributed by atoms with van der Waals surface area (Å²) in [4.78, 5) is 15.4. The van der Waals surface area contributed by atoms with Gasteiger partial charge in [0.25, 0.3) is 5.91 Å². The van der Waals surface area contributed by atoms with Gasteiger partial charge in [0.15, 0.2) is 0 Å². The molecule has 114 valence electrons. The number of methoxy groups -OCH3 is 1. The Kier molecular flexibility index (Phi) is 4.88. The van der Waals surface area contributed by atoms with Crippen LogP contribution in [0.4, 0.5) is 0 Å². The van der Waals surface area contributed by atoms with Gasteiger partial charge in [-0.2, -0.15) is 0 Å². The fraction of sp³-hybridized carbons (Fsp3) is 0.400. The molecular weight excluding hydrogens is 292 g/mol. The number of ether oxygens (including phenoxy) is 1. The van der Waals surface area contributed by atoms with Gasteiger partial charge >= 0.3 is 0 Å². The summed E-state index contributed by atoms with van der Waals surface area (Å²) < 4.78 is 5.12. The average molecular weight is 311 g/mol. The third-order valence-electron chi connectivity index (χ3n) is 3.37. The quantitative estimate of drug-likeness (QED) is 0.766. The van der Waals surface area contributed by atoms with Crippen molar-refractivity contribution in [2.24, 2.45) is 0 Å². The van der Waals surface area contributed by atoms with Gasteiger partial charge in [-0.15, -0.1) is 0 Å². The van der Waals surface area contributed by atoms with E-state index in [1.165, 1.54) is 0 Å². The van der Waals surface area contributed by atoms with Crippen LogP contribution in [0.3, 0.4) is 0 Å². The molecule has 6 heteroatoms. The molecule has 1 atom stereocenters. The van der Waals surface area contributed by atoms with Gasteiger partial charge in [0.05, 0.1) is 12.1 Å². The molecule has 5 nitrogen and oxygen atoms in total. The average Bonchev–Trinajstić information content (AvgIpc) is 2.82. The second-order valence-corrected chi connectivity index (χ2v) is 5.77. The molecule has 0 fully saturated rings. The smallest absolute Gasteiger partial charge is 0.268 e. The van der Waals surface area contributed by atoms with E-state index in [0.717, 1.165) is 10.9 Å². The fourth-order valence-corrected chi connectivity index (χ4v) is 2.47. The molecular formula is C15H19ClN2O3. The molecule has 2 rings (SSSR count). The summed E-state index contributed by atoms with van der Waals surface area (Å²) in [6.45, 7) is 2.14. The topological polar surface area (TPSA) is 74.3 Å². The predicted octanol–water partition coefficient (Wildman–Crippen LogP) is 2.34. The van der Waals surface area contributed by atoms with E-state index in [0.29, 0.717) is 23.7 Å². The van der Waals surface area contributed by atoms with Crippen molar-refractivity contribution in [1.82, 2.24) is 10.3 Å². The predicted molar refractivity (Wildman–Crippen MR) is 82.8 cm³/mol. The molecule has 3 N–H and O–H groups in total. The van der Waals surface area contributed by atoms with E-state index >= 15 is 0 Å². The molecule has 21 heavy (non-hydrogen) atoms. The number of fused-ring (bicyclic) bond motifs is 1. The van der Waals surface area contributed by atoms with E-state index in [9.17, 15) is 4.79 Å². The van der Waals surface area contributed by atoms with Crippen LogP contribution in [0.2, 0.25) is 5.02 Å². The number of halogens is 1. The number of aromatic nitrogens is 1. The summed E-state index contributed by atoms with van der Waals surface area (Å²) in [5.41, 5.74) is 0.644. The lowest BCUT2D eigenvalue weighted by Crippen LogP contribution is -2.50. The first-order valence-corrected chi connectivity index (χ1v) is 7.06. The number of hydrogen-bond donors (Lipinski definition) is 3. The van der Waals surface area contributed by atoms with Gasteiger partial charge in [0.1, 0.15) is 5.69 Å². The second kappa shape index (κ2) is 6.47. The highest BCUT2D eigenvalue weighted by atomic mass is 35.5. The zero-order valence-corrected chi connectivity index (χ0v) is 12.8. The minimum Gasteiger partial charge on any atom is -0.396 e. The third kappa shape index (κ3) is 3.75. The van der Waals surface area contributed by atoms with E-state index < -0.39 is 5.54 Å². The van der Waals surface area contributed by atoms with E-state index in [1.807, 2.05) is 13.0 Å². The van der Waals surface area contributed by atoms with Crippen molar-refractivity contribution in [2.75, 3.05) is 20.3 Å². The molecule has 1 amide bonds. The number of H-pyrrole nitrogens is 1. The lowest BCUT2D eigenvalue weighted by atomic mass is 9.99.